The highest BCUT2D eigenvalue weighted by Crippen LogP contribution is 2.23. The third-order valence-corrected chi connectivity index (χ3v) is 4.20. The molecule has 0 unspecified atom stereocenters. The van der Waals surface area contributed by atoms with Crippen LogP contribution in [0, 0.1) is 0 Å². The average molecular weight is 370 g/mol. The highest BCUT2D eigenvalue weighted by Gasteiger charge is 2.06. The Morgan fingerprint density at radius 3 is 2.75 bits per heavy atom. The predicted octanol–water partition coefficient (Wildman–Crippen LogP) is 3.91. The van der Waals surface area contributed by atoms with Crippen LogP contribution in [0.2, 0.25) is 0 Å². The van der Waals surface area contributed by atoms with Crippen LogP contribution in [0.5, 0.6) is 5.75 Å². The predicted molar refractivity (Wildman–Crippen MR) is 108 cm³/mol. The van der Waals surface area contributed by atoms with Crippen molar-refractivity contribution in [3.8, 4) is 5.75 Å². The SMILES string of the molecule is O=C(N/N=C/c1ccc[nH]1)c1ccc(COc2cccc3cccnc23)cc1. The van der Waals surface area contributed by atoms with E-state index in [-0.39, 0.29) is 5.91 Å². The Labute approximate surface area is 161 Å². The van der Waals surface area contributed by atoms with E-state index in [1.165, 1.54) is 0 Å². The second-order valence-corrected chi connectivity index (χ2v) is 6.14. The van der Waals surface area contributed by atoms with Crippen LogP contribution in [0.25, 0.3) is 10.9 Å². The first-order chi connectivity index (χ1) is 13.8. The lowest BCUT2D eigenvalue weighted by atomic mass is 10.1. The summed E-state index contributed by atoms with van der Waals surface area (Å²) < 4.78 is 5.92. The fourth-order valence-electron chi connectivity index (χ4n) is 2.76. The van der Waals surface area contributed by atoms with Crippen molar-refractivity contribution in [1.82, 2.24) is 15.4 Å². The molecule has 0 saturated carbocycles. The summed E-state index contributed by atoms with van der Waals surface area (Å²) in [6.45, 7) is 0.391. The molecule has 0 aliphatic rings. The first-order valence-electron chi connectivity index (χ1n) is 8.82. The zero-order valence-electron chi connectivity index (χ0n) is 15.0. The van der Waals surface area contributed by atoms with E-state index in [9.17, 15) is 4.79 Å². The summed E-state index contributed by atoms with van der Waals surface area (Å²) in [7, 11) is 0. The van der Waals surface area contributed by atoms with Crippen LogP contribution >= 0.6 is 0 Å². The number of pyridine rings is 1. The number of carbonyl (C=O) groups excluding carboxylic acids is 1. The maximum absolute atomic E-state index is 12.1. The second kappa shape index (κ2) is 8.18. The van der Waals surface area contributed by atoms with Gasteiger partial charge >= 0.3 is 0 Å². The molecule has 2 heterocycles. The van der Waals surface area contributed by atoms with E-state index >= 15 is 0 Å². The fourth-order valence-corrected chi connectivity index (χ4v) is 2.76. The summed E-state index contributed by atoms with van der Waals surface area (Å²) in [5.41, 5.74) is 5.64. The molecule has 1 amide bonds. The summed E-state index contributed by atoms with van der Waals surface area (Å²) in [5.74, 6) is 0.465. The zero-order chi connectivity index (χ0) is 19.2. The van der Waals surface area contributed by atoms with Crippen molar-refractivity contribution in [3.05, 3.63) is 95.9 Å². The first kappa shape index (κ1) is 17.5. The third-order valence-electron chi connectivity index (χ3n) is 4.20. The van der Waals surface area contributed by atoms with Crippen LogP contribution in [0.4, 0.5) is 0 Å². The molecule has 138 valence electrons. The molecule has 4 rings (SSSR count). The van der Waals surface area contributed by atoms with Crippen LogP contribution in [0.3, 0.4) is 0 Å². The number of H-pyrrole nitrogens is 1. The Kier molecular flexibility index (Phi) is 5.11. The Hall–Kier alpha value is -3.93. The number of nitrogens with one attached hydrogen (secondary N) is 2. The summed E-state index contributed by atoms with van der Waals surface area (Å²) in [5, 5.41) is 4.96. The maximum Gasteiger partial charge on any atom is 0.271 e. The van der Waals surface area contributed by atoms with Gasteiger partial charge in [-0.2, -0.15) is 5.10 Å². The van der Waals surface area contributed by atoms with Crippen LogP contribution in [-0.4, -0.2) is 22.1 Å². The number of para-hydroxylation sites is 1. The van der Waals surface area contributed by atoms with Gasteiger partial charge in [0, 0.05) is 23.3 Å². The Morgan fingerprint density at radius 2 is 1.93 bits per heavy atom. The lowest BCUT2D eigenvalue weighted by Gasteiger charge is -2.09. The largest absolute Gasteiger partial charge is 0.487 e. The van der Waals surface area contributed by atoms with Gasteiger partial charge < -0.3 is 9.72 Å². The number of fused-ring (bicyclic) bond motifs is 1. The summed E-state index contributed by atoms with van der Waals surface area (Å²) in [6, 6.07) is 20.7. The fraction of sp³-hybridized carbons (Fsp3) is 0.0455. The molecule has 28 heavy (non-hydrogen) atoms. The van der Waals surface area contributed by atoms with Crippen LogP contribution < -0.4 is 10.2 Å². The Morgan fingerprint density at radius 1 is 1.07 bits per heavy atom. The van der Waals surface area contributed by atoms with E-state index in [0.717, 1.165) is 27.9 Å². The minimum atomic E-state index is -0.270. The molecule has 6 heteroatoms. The topological polar surface area (TPSA) is 79.4 Å². The Balaban J connectivity index is 1.37. The van der Waals surface area contributed by atoms with Crippen LogP contribution in [0.1, 0.15) is 21.6 Å². The van der Waals surface area contributed by atoms with Gasteiger partial charge in [0.25, 0.3) is 5.91 Å². The molecular weight excluding hydrogens is 352 g/mol. The van der Waals surface area contributed by atoms with Gasteiger partial charge in [-0.15, -0.1) is 0 Å². The number of rotatable bonds is 6. The number of ether oxygens (including phenoxy) is 1. The van der Waals surface area contributed by atoms with Crippen molar-refractivity contribution in [2.24, 2.45) is 5.10 Å². The Bertz CT molecular complexity index is 1100. The molecule has 0 atom stereocenters. The molecule has 0 spiro atoms. The number of benzene rings is 2. The van der Waals surface area contributed by atoms with Gasteiger partial charge in [-0.1, -0.05) is 30.3 Å². The monoisotopic (exact) mass is 370 g/mol. The quantitative estimate of drug-likeness (QED) is 0.399. The first-order valence-corrected chi connectivity index (χ1v) is 8.82. The smallest absolute Gasteiger partial charge is 0.271 e. The van der Waals surface area contributed by atoms with Crippen LogP contribution in [0.15, 0.2) is 84.2 Å². The molecule has 0 aliphatic carbocycles. The van der Waals surface area contributed by atoms with E-state index in [2.05, 4.69) is 20.5 Å². The number of carbonyl (C=O) groups is 1. The minimum Gasteiger partial charge on any atom is -0.487 e. The van der Waals surface area contributed by atoms with Crippen molar-refractivity contribution in [1.29, 1.82) is 0 Å². The van der Waals surface area contributed by atoms with Crippen molar-refractivity contribution >= 4 is 23.0 Å². The molecule has 0 fully saturated rings. The number of hydrogen-bond acceptors (Lipinski definition) is 4. The highest BCUT2D eigenvalue weighted by molar-refractivity contribution is 5.94. The molecule has 2 N–H and O–H groups in total. The number of amides is 1. The maximum atomic E-state index is 12.1. The van der Waals surface area contributed by atoms with E-state index in [1.54, 1.807) is 30.7 Å². The molecule has 4 aromatic rings. The zero-order valence-corrected chi connectivity index (χ0v) is 15.0. The number of aromatic amines is 1. The standard InChI is InChI=1S/C22H18N4O2/c27-22(26-25-14-19-6-3-12-23-19)18-10-8-16(9-11-18)15-28-20-7-1-4-17-5-2-13-24-21(17)20/h1-14,23H,15H2,(H,26,27)/b25-14+. The molecule has 0 saturated heterocycles. The van der Waals surface area contributed by atoms with E-state index in [0.29, 0.717) is 12.2 Å². The van der Waals surface area contributed by atoms with Gasteiger partial charge in [0.1, 0.15) is 17.9 Å². The lowest BCUT2D eigenvalue weighted by molar-refractivity contribution is 0.0955. The minimum absolute atomic E-state index is 0.270. The van der Waals surface area contributed by atoms with Gasteiger partial charge in [0.05, 0.1) is 11.9 Å². The number of aromatic nitrogens is 2. The molecule has 0 bridgehead atoms. The third kappa shape index (κ3) is 4.07. The van der Waals surface area contributed by atoms with Gasteiger partial charge in [-0.3, -0.25) is 9.78 Å². The average Bonchev–Trinajstić information content (AvgIpc) is 3.26. The normalized spacial score (nSPS) is 11.0. The number of hydrogen-bond donors (Lipinski definition) is 2. The van der Waals surface area contributed by atoms with Gasteiger partial charge in [-0.25, -0.2) is 5.43 Å². The van der Waals surface area contributed by atoms with E-state index < -0.39 is 0 Å². The molecule has 6 nitrogen and oxygen atoms in total. The second-order valence-electron chi connectivity index (χ2n) is 6.14. The van der Waals surface area contributed by atoms with Crippen molar-refractivity contribution in [2.75, 3.05) is 0 Å². The van der Waals surface area contributed by atoms with Crippen molar-refractivity contribution in [3.63, 3.8) is 0 Å². The molecule has 2 aromatic heterocycles. The molecule has 0 radical (unpaired) electrons. The summed E-state index contributed by atoms with van der Waals surface area (Å²) in [6.07, 6.45) is 5.09. The van der Waals surface area contributed by atoms with E-state index in [4.69, 9.17) is 4.74 Å². The van der Waals surface area contributed by atoms with Gasteiger partial charge in [0.2, 0.25) is 0 Å². The molecule has 0 aliphatic heterocycles. The van der Waals surface area contributed by atoms with Gasteiger partial charge in [-0.05, 0) is 42.0 Å². The lowest BCUT2D eigenvalue weighted by Crippen LogP contribution is -2.17. The van der Waals surface area contributed by atoms with Gasteiger partial charge in [0.15, 0.2) is 0 Å². The number of nitrogens with zero attached hydrogens (tertiary/aromatic N) is 2. The molecular formula is C22H18N4O2. The number of hydrazone groups is 1. The summed E-state index contributed by atoms with van der Waals surface area (Å²) in [4.78, 5) is 19.5. The summed E-state index contributed by atoms with van der Waals surface area (Å²) >= 11 is 0. The van der Waals surface area contributed by atoms with E-state index in [1.807, 2.05) is 54.6 Å². The van der Waals surface area contributed by atoms with Crippen LogP contribution in [-0.2, 0) is 6.61 Å². The van der Waals surface area contributed by atoms with Crippen molar-refractivity contribution in [2.45, 2.75) is 6.61 Å². The molecule has 2 aromatic carbocycles. The highest BCUT2D eigenvalue weighted by atomic mass is 16.5. The van der Waals surface area contributed by atoms with Crippen molar-refractivity contribution < 1.29 is 9.53 Å².